The third kappa shape index (κ3) is 3.00. The molecule has 0 amide bonds. The van der Waals surface area contributed by atoms with Gasteiger partial charge in [-0.25, -0.2) is 9.82 Å². The zero-order valence-corrected chi connectivity index (χ0v) is 11.2. The molecule has 102 valence electrons. The summed E-state index contributed by atoms with van der Waals surface area (Å²) in [5.41, 5.74) is 5.06. The summed E-state index contributed by atoms with van der Waals surface area (Å²) in [7, 11) is 0. The molecule has 0 saturated carbocycles. The van der Waals surface area contributed by atoms with E-state index < -0.39 is 0 Å². The van der Waals surface area contributed by atoms with Crippen molar-refractivity contribution in [3.8, 4) is 0 Å². The van der Waals surface area contributed by atoms with Crippen LogP contribution in [-0.2, 0) is 6.54 Å². The van der Waals surface area contributed by atoms with Gasteiger partial charge in [-0.15, -0.1) is 0 Å². The van der Waals surface area contributed by atoms with E-state index in [1.165, 1.54) is 6.07 Å². The van der Waals surface area contributed by atoms with E-state index in [1.807, 2.05) is 17.8 Å². The van der Waals surface area contributed by atoms with Crippen LogP contribution >= 0.6 is 0 Å². The summed E-state index contributed by atoms with van der Waals surface area (Å²) >= 11 is 0. The van der Waals surface area contributed by atoms with Crippen LogP contribution in [-0.4, -0.2) is 9.78 Å². The molecule has 0 saturated heterocycles. The summed E-state index contributed by atoms with van der Waals surface area (Å²) in [4.78, 5) is 0. The zero-order valence-electron chi connectivity index (χ0n) is 11.2. The molecule has 0 bridgehead atoms. The predicted octanol–water partition coefficient (Wildman–Crippen LogP) is 2.29. The minimum atomic E-state index is -0.384. The van der Waals surface area contributed by atoms with E-state index in [9.17, 15) is 4.39 Å². The minimum absolute atomic E-state index is 0.267. The second-order valence-electron chi connectivity index (χ2n) is 4.66. The van der Waals surface area contributed by atoms with Crippen molar-refractivity contribution in [1.82, 2.24) is 15.2 Å². The molecule has 1 heterocycles. The van der Waals surface area contributed by atoms with Crippen molar-refractivity contribution in [2.75, 3.05) is 0 Å². The Balaban J connectivity index is 2.35. The van der Waals surface area contributed by atoms with Crippen LogP contribution in [0.3, 0.4) is 0 Å². The molecule has 1 unspecified atom stereocenters. The van der Waals surface area contributed by atoms with Gasteiger partial charge in [-0.3, -0.25) is 10.5 Å². The van der Waals surface area contributed by atoms with Gasteiger partial charge in [-0.2, -0.15) is 5.10 Å². The molecule has 5 heteroatoms. The number of hydrogen-bond donors (Lipinski definition) is 2. The molecule has 1 aromatic carbocycles. The van der Waals surface area contributed by atoms with Gasteiger partial charge in [0.25, 0.3) is 0 Å². The lowest BCUT2D eigenvalue weighted by molar-refractivity contribution is 0.557. The molecule has 4 nitrogen and oxygen atoms in total. The second kappa shape index (κ2) is 5.95. The molecule has 1 atom stereocenters. The standard InChI is InChI=1S/C14H19FN4/c1-3-6-19-9-11(8-17-19)14(18-16)12-7-10(2)4-5-13(12)15/h4-5,7-9,14,18H,3,6,16H2,1-2H3. The molecule has 0 aliphatic rings. The molecule has 19 heavy (non-hydrogen) atoms. The first-order valence-corrected chi connectivity index (χ1v) is 6.40. The van der Waals surface area contributed by atoms with Crippen molar-refractivity contribution >= 4 is 0 Å². The van der Waals surface area contributed by atoms with Crippen molar-refractivity contribution in [3.63, 3.8) is 0 Å². The number of nitrogens with one attached hydrogen (secondary N) is 1. The first kappa shape index (κ1) is 13.7. The Kier molecular flexibility index (Phi) is 4.29. The highest BCUT2D eigenvalue weighted by Crippen LogP contribution is 2.24. The van der Waals surface area contributed by atoms with Gasteiger partial charge in [0.1, 0.15) is 5.82 Å². The van der Waals surface area contributed by atoms with Crippen LogP contribution < -0.4 is 11.3 Å². The second-order valence-corrected chi connectivity index (χ2v) is 4.66. The Morgan fingerprint density at radius 1 is 1.47 bits per heavy atom. The van der Waals surface area contributed by atoms with E-state index >= 15 is 0 Å². The topological polar surface area (TPSA) is 55.9 Å². The van der Waals surface area contributed by atoms with Crippen molar-refractivity contribution in [2.45, 2.75) is 32.9 Å². The van der Waals surface area contributed by atoms with Gasteiger partial charge in [-0.1, -0.05) is 24.6 Å². The third-order valence-corrected chi connectivity index (χ3v) is 3.07. The maximum atomic E-state index is 13.9. The highest BCUT2D eigenvalue weighted by atomic mass is 19.1. The summed E-state index contributed by atoms with van der Waals surface area (Å²) in [6.45, 7) is 4.85. The highest BCUT2D eigenvalue weighted by molar-refractivity contribution is 5.33. The molecule has 1 aromatic heterocycles. The Bertz CT molecular complexity index is 550. The molecule has 0 radical (unpaired) electrons. The summed E-state index contributed by atoms with van der Waals surface area (Å²) in [5, 5.41) is 4.25. The highest BCUT2D eigenvalue weighted by Gasteiger charge is 2.18. The Hall–Kier alpha value is -1.72. The number of benzene rings is 1. The molecule has 0 fully saturated rings. The van der Waals surface area contributed by atoms with Crippen LogP contribution in [0, 0.1) is 12.7 Å². The Morgan fingerprint density at radius 2 is 2.26 bits per heavy atom. The fourth-order valence-electron chi connectivity index (χ4n) is 2.13. The quantitative estimate of drug-likeness (QED) is 0.642. The van der Waals surface area contributed by atoms with E-state index in [2.05, 4.69) is 17.4 Å². The fraction of sp³-hybridized carbons (Fsp3) is 0.357. The van der Waals surface area contributed by atoms with E-state index in [1.54, 1.807) is 18.3 Å². The van der Waals surface area contributed by atoms with Gasteiger partial charge < -0.3 is 0 Å². The molecule has 0 spiro atoms. The van der Waals surface area contributed by atoms with Gasteiger partial charge in [0.2, 0.25) is 0 Å². The molecule has 0 aliphatic heterocycles. The van der Waals surface area contributed by atoms with Crippen molar-refractivity contribution in [1.29, 1.82) is 0 Å². The molecule has 2 rings (SSSR count). The van der Waals surface area contributed by atoms with Gasteiger partial charge in [0.15, 0.2) is 0 Å². The smallest absolute Gasteiger partial charge is 0.128 e. The molecular weight excluding hydrogens is 243 g/mol. The average Bonchev–Trinajstić information content (AvgIpc) is 2.83. The van der Waals surface area contributed by atoms with Crippen LogP contribution in [0.15, 0.2) is 30.6 Å². The van der Waals surface area contributed by atoms with E-state index in [4.69, 9.17) is 5.84 Å². The largest absolute Gasteiger partial charge is 0.272 e. The van der Waals surface area contributed by atoms with Crippen LogP contribution in [0.1, 0.15) is 36.1 Å². The summed E-state index contributed by atoms with van der Waals surface area (Å²) in [5.74, 6) is 5.32. The van der Waals surface area contributed by atoms with Crippen molar-refractivity contribution < 1.29 is 4.39 Å². The van der Waals surface area contributed by atoms with Gasteiger partial charge >= 0.3 is 0 Å². The normalized spacial score (nSPS) is 12.6. The molecular formula is C14H19FN4. The average molecular weight is 262 g/mol. The predicted molar refractivity (Wildman–Crippen MR) is 72.8 cm³/mol. The lowest BCUT2D eigenvalue weighted by Crippen LogP contribution is -2.29. The number of hydrazine groups is 1. The molecule has 2 aromatic rings. The number of rotatable bonds is 5. The number of aromatic nitrogens is 2. The van der Waals surface area contributed by atoms with Gasteiger partial charge in [0.05, 0.1) is 12.2 Å². The Labute approximate surface area is 112 Å². The van der Waals surface area contributed by atoms with Gasteiger partial charge in [-0.05, 0) is 19.4 Å². The summed E-state index contributed by atoms with van der Waals surface area (Å²) < 4.78 is 15.8. The lowest BCUT2D eigenvalue weighted by atomic mass is 10.00. The summed E-state index contributed by atoms with van der Waals surface area (Å²) in [6.07, 6.45) is 4.62. The molecule has 0 aliphatic carbocycles. The van der Waals surface area contributed by atoms with Gasteiger partial charge in [0, 0.05) is 23.9 Å². The first-order valence-electron chi connectivity index (χ1n) is 6.40. The maximum absolute atomic E-state index is 13.9. The zero-order chi connectivity index (χ0) is 13.8. The van der Waals surface area contributed by atoms with E-state index in [0.717, 1.165) is 24.1 Å². The number of hydrogen-bond acceptors (Lipinski definition) is 3. The molecule has 3 N–H and O–H groups in total. The lowest BCUT2D eigenvalue weighted by Gasteiger charge is -2.16. The third-order valence-electron chi connectivity index (χ3n) is 3.07. The monoisotopic (exact) mass is 262 g/mol. The first-order chi connectivity index (χ1) is 9.15. The maximum Gasteiger partial charge on any atom is 0.128 e. The van der Waals surface area contributed by atoms with Crippen molar-refractivity contribution in [3.05, 3.63) is 53.1 Å². The summed E-state index contributed by atoms with van der Waals surface area (Å²) in [6, 6.07) is 4.63. The number of halogens is 1. The van der Waals surface area contributed by atoms with Crippen molar-refractivity contribution in [2.24, 2.45) is 5.84 Å². The fourth-order valence-corrected chi connectivity index (χ4v) is 2.13. The Morgan fingerprint density at radius 3 is 2.95 bits per heavy atom. The minimum Gasteiger partial charge on any atom is -0.272 e. The van der Waals surface area contributed by atoms with E-state index in [-0.39, 0.29) is 11.9 Å². The number of nitrogens with zero attached hydrogens (tertiary/aromatic N) is 2. The van der Waals surface area contributed by atoms with Crippen LogP contribution in [0.5, 0.6) is 0 Å². The van der Waals surface area contributed by atoms with Crippen LogP contribution in [0.4, 0.5) is 4.39 Å². The number of nitrogens with two attached hydrogens (primary N) is 1. The SMILES string of the molecule is CCCn1cc(C(NN)c2cc(C)ccc2F)cn1. The van der Waals surface area contributed by atoms with Crippen LogP contribution in [0.2, 0.25) is 0 Å². The number of aryl methyl sites for hydroxylation is 2. The van der Waals surface area contributed by atoms with Crippen LogP contribution in [0.25, 0.3) is 0 Å². The van der Waals surface area contributed by atoms with E-state index in [0.29, 0.717) is 5.56 Å².